The summed E-state index contributed by atoms with van der Waals surface area (Å²) in [7, 11) is -2.22. The van der Waals surface area contributed by atoms with Gasteiger partial charge in [0.2, 0.25) is 0 Å². The Kier molecular flexibility index (Phi) is 4.18. The summed E-state index contributed by atoms with van der Waals surface area (Å²) in [5, 5.41) is 0.352. The lowest BCUT2D eigenvalue weighted by molar-refractivity contribution is 0.112. The molecule has 0 radical (unpaired) electrons. The predicted molar refractivity (Wildman–Crippen MR) is 74.3 cm³/mol. The van der Waals surface area contributed by atoms with Crippen molar-refractivity contribution in [3.05, 3.63) is 34.3 Å². The van der Waals surface area contributed by atoms with Crippen LogP contribution in [0.3, 0.4) is 0 Å². The molecule has 0 aliphatic rings. The molecule has 0 spiro atoms. The zero-order valence-corrected chi connectivity index (χ0v) is 12.5. The first-order valence-electron chi connectivity index (χ1n) is 5.63. The van der Waals surface area contributed by atoms with Gasteiger partial charge in [-0.2, -0.15) is 0 Å². The van der Waals surface area contributed by atoms with Crippen molar-refractivity contribution in [2.75, 3.05) is 0 Å². The van der Waals surface area contributed by atoms with Crippen molar-refractivity contribution in [3.63, 3.8) is 0 Å². The lowest BCUT2D eigenvalue weighted by Gasteiger charge is -2.35. The number of hydrogen-bond acceptors (Lipinski definition) is 2. The van der Waals surface area contributed by atoms with Crippen LogP contribution in [0.2, 0.25) is 23.2 Å². The number of carbonyl (C=O) groups excluding carboxylic acids is 1. The predicted octanol–water partition coefficient (Wildman–Crippen LogP) is 3.67. The summed E-state index contributed by atoms with van der Waals surface area (Å²) in [4.78, 5) is 20.9. The fourth-order valence-corrected chi connectivity index (χ4v) is 2.39. The molecule has 17 heavy (non-hydrogen) atoms. The third-order valence-corrected chi connectivity index (χ3v) is 7.31. The molecule has 1 aromatic carbocycles. The van der Waals surface area contributed by atoms with Crippen LogP contribution in [0, 0.1) is 0 Å². The molecule has 94 valence electrons. The van der Waals surface area contributed by atoms with Crippen LogP contribution in [0.5, 0.6) is 0 Å². The second-order valence-corrected chi connectivity index (χ2v) is 10.5. The SMILES string of the molecule is CC(C)(Cc1ccc(C=O)c(Cl)c1)[Si](C)(C)O. The zero-order valence-electron chi connectivity index (χ0n) is 10.7. The van der Waals surface area contributed by atoms with E-state index in [4.69, 9.17) is 11.6 Å². The van der Waals surface area contributed by atoms with Gasteiger partial charge < -0.3 is 4.80 Å². The quantitative estimate of drug-likeness (QED) is 0.670. The highest BCUT2D eigenvalue weighted by Gasteiger charge is 2.37. The van der Waals surface area contributed by atoms with Gasteiger partial charge in [0.05, 0.1) is 5.02 Å². The second kappa shape index (κ2) is 4.92. The van der Waals surface area contributed by atoms with Crippen molar-refractivity contribution in [2.45, 2.75) is 38.4 Å². The van der Waals surface area contributed by atoms with Crippen molar-refractivity contribution >= 4 is 26.2 Å². The number of hydrogen-bond donors (Lipinski definition) is 1. The molecule has 0 unspecified atom stereocenters. The zero-order chi connectivity index (χ0) is 13.3. The molecular formula is C13H19ClO2Si. The molecule has 0 heterocycles. The van der Waals surface area contributed by atoms with Gasteiger partial charge in [0.15, 0.2) is 14.6 Å². The molecule has 0 fully saturated rings. The van der Waals surface area contributed by atoms with Crippen LogP contribution in [-0.2, 0) is 6.42 Å². The third-order valence-electron chi connectivity index (χ3n) is 3.49. The van der Waals surface area contributed by atoms with Crippen LogP contribution in [0.1, 0.15) is 29.8 Å². The Bertz CT molecular complexity index is 422. The van der Waals surface area contributed by atoms with Crippen molar-refractivity contribution in [3.8, 4) is 0 Å². The molecule has 0 amide bonds. The fraction of sp³-hybridized carbons (Fsp3) is 0.462. The molecule has 1 rings (SSSR count). The highest BCUT2D eigenvalue weighted by atomic mass is 35.5. The monoisotopic (exact) mass is 270 g/mol. The van der Waals surface area contributed by atoms with E-state index in [-0.39, 0.29) is 5.04 Å². The summed E-state index contributed by atoms with van der Waals surface area (Å²) in [6.45, 7) is 8.02. The van der Waals surface area contributed by atoms with E-state index in [1.807, 2.05) is 25.2 Å². The summed E-state index contributed by atoms with van der Waals surface area (Å²) in [6.07, 6.45) is 1.52. The molecule has 0 bridgehead atoms. The molecule has 0 aliphatic heterocycles. The smallest absolute Gasteiger partial charge is 0.188 e. The van der Waals surface area contributed by atoms with E-state index < -0.39 is 8.32 Å². The maximum absolute atomic E-state index is 10.7. The molecule has 1 N–H and O–H groups in total. The van der Waals surface area contributed by atoms with Crippen LogP contribution in [0.25, 0.3) is 0 Å². The van der Waals surface area contributed by atoms with E-state index in [1.165, 1.54) is 0 Å². The average Bonchev–Trinajstić information content (AvgIpc) is 2.15. The normalized spacial score (nSPS) is 12.6. The highest BCUT2D eigenvalue weighted by molar-refractivity contribution is 6.72. The molecule has 0 aliphatic carbocycles. The number of aldehydes is 1. The van der Waals surface area contributed by atoms with E-state index in [9.17, 15) is 9.59 Å². The van der Waals surface area contributed by atoms with Gasteiger partial charge in [-0.05, 0) is 42.2 Å². The van der Waals surface area contributed by atoms with Gasteiger partial charge in [-0.25, -0.2) is 0 Å². The number of rotatable bonds is 4. The summed E-state index contributed by atoms with van der Waals surface area (Å²) in [5.74, 6) is 0. The first kappa shape index (κ1) is 14.4. The van der Waals surface area contributed by atoms with E-state index >= 15 is 0 Å². The van der Waals surface area contributed by atoms with Gasteiger partial charge in [-0.1, -0.05) is 31.5 Å². The van der Waals surface area contributed by atoms with Gasteiger partial charge in [-0.3, -0.25) is 4.79 Å². The Hall–Kier alpha value is -0.643. The van der Waals surface area contributed by atoms with Gasteiger partial charge in [0, 0.05) is 5.56 Å². The Morgan fingerprint density at radius 1 is 1.41 bits per heavy atom. The van der Waals surface area contributed by atoms with Gasteiger partial charge in [0.25, 0.3) is 0 Å². The molecule has 2 nitrogen and oxygen atoms in total. The first-order valence-corrected chi connectivity index (χ1v) is 8.96. The van der Waals surface area contributed by atoms with Crippen molar-refractivity contribution < 1.29 is 9.59 Å². The molecule has 0 saturated heterocycles. The maximum atomic E-state index is 10.7. The Morgan fingerprint density at radius 3 is 2.41 bits per heavy atom. The minimum absolute atomic E-state index is 0.126. The standard InChI is InChI=1S/C13H19ClO2Si/c1-13(2,17(3,4)16)8-10-5-6-11(9-15)12(14)7-10/h5-7,9,16H,8H2,1-4H3. The van der Waals surface area contributed by atoms with Crippen LogP contribution in [-0.4, -0.2) is 19.4 Å². The third kappa shape index (κ3) is 3.41. The maximum Gasteiger partial charge on any atom is 0.188 e. The van der Waals surface area contributed by atoms with E-state index in [0.717, 1.165) is 18.3 Å². The second-order valence-electron chi connectivity index (χ2n) is 5.59. The fourth-order valence-electron chi connectivity index (χ4n) is 1.50. The summed E-state index contributed by atoms with van der Waals surface area (Å²) in [5.41, 5.74) is 1.56. The minimum atomic E-state index is -2.22. The molecule has 1 aromatic rings. The number of halogens is 1. The lowest BCUT2D eigenvalue weighted by Crippen LogP contribution is -2.40. The molecule has 0 atom stereocenters. The number of benzene rings is 1. The van der Waals surface area contributed by atoms with E-state index in [2.05, 4.69) is 13.8 Å². The summed E-state index contributed by atoms with van der Waals surface area (Å²) >= 11 is 5.99. The van der Waals surface area contributed by atoms with Crippen LogP contribution >= 0.6 is 11.6 Å². The first-order chi connectivity index (χ1) is 7.67. The molecular weight excluding hydrogens is 252 g/mol. The van der Waals surface area contributed by atoms with Crippen LogP contribution in [0.4, 0.5) is 0 Å². The van der Waals surface area contributed by atoms with E-state index in [1.54, 1.807) is 6.07 Å². The molecule has 0 saturated carbocycles. The summed E-state index contributed by atoms with van der Waals surface area (Å²) in [6, 6.07) is 5.44. The van der Waals surface area contributed by atoms with Crippen molar-refractivity contribution in [2.24, 2.45) is 0 Å². The van der Waals surface area contributed by atoms with Gasteiger partial charge in [-0.15, -0.1) is 0 Å². The topological polar surface area (TPSA) is 37.3 Å². The largest absolute Gasteiger partial charge is 0.432 e. The Labute approximate surface area is 109 Å². The van der Waals surface area contributed by atoms with Gasteiger partial charge in [0.1, 0.15) is 0 Å². The molecule has 0 aromatic heterocycles. The number of carbonyl (C=O) groups is 1. The van der Waals surface area contributed by atoms with Crippen molar-refractivity contribution in [1.82, 2.24) is 0 Å². The molecule has 4 heteroatoms. The van der Waals surface area contributed by atoms with Gasteiger partial charge >= 0.3 is 0 Å². The van der Waals surface area contributed by atoms with Crippen molar-refractivity contribution in [1.29, 1.82) is 0 Å². The highest BCUT2D eigenvalue weighted by Crippen LogP contribution is 2.39. The Morgan fingerprint density at radius 2 is 2.00 bits per heavy atom. The lowest BCUT2D eigenvalue weighted by atomic mass is 10.0. The Balaban J connectivity index is 2.97. The van der Waals surface area contributed by atoms with E-state index in [0.29, 0.717) is 10.6 Å². The average molecular weight is 271 g/mol. The van der Waals surface area contributed by atoms with Crippen LogP contribution < -0.4 is 0 Å². The van der Waals surface area contributed by atoms with Crippen LogP contribution in [0.15, 0.2) is 18.2 Å². The summed E-state index contributed by atoms with van der Waals surface area (Å²) < 4.78 is 0. The minimum Gasteiger partial charge on any atom is -0.432 e.